The van der Waals surface area contributed by atoms with Crippen LogP contribution in [0.5, 0.6) is 5.75 Å². The van der Waals surface area contributed by atoms with Gasteiger partial charge in [-0.05, 0) is 17.9 Å². The number of nitrogens with one attached hydrogen (secondary N) is 1. The number of anilines is 1. The van der Waals surface area contributed by atoms with E-state index in [1.165, 1.54) is 19.2 Å². The van der Waals surface area contributed by atoms with Crippen molar-refractivity contribution in [3.8, 4) is 5.75 Å². The molecule has 1 aromatic rings. The highest BCUT2D eigenvalue weighted by Gasteiger charge is 2.05. The maximum Gasteiger partial charge on any atom is 0.225 e. The molecule has 0 saturated heterocycles. The molecule has 0 heterocycles. The molecule has 3 nitrogen and oxygen atoms in total. The van der Waals surface area contributed by atoms with Crippen molar-refractivity contribution in [3.63, 3.8) is 0 Å². The average Bonchev–Trinajstić information content (AvgIpc) is 2.18. The van der Waals surface area contributed by atoms with Gasteiger partial charge in [-0.3, -0.25) is 4.79 Å². The van der Waals surface area contributed by atoms with Gasteiger partial charge < -0.3 is 10.1 Å². The molecular weight excluding hydrogens is 217 g/mol. The molecule has 0 aliphatic heterocycles. The van der Waals surface area contributed by atoms with E-state index in [9.17, 15) is 9.18 Å². The fraction of sp³-hybridized carbons (Fsp3) is 0.300. The van der Waals surface area contributed by atoms with Gasteiger partial charge >= 0.3 is 0 Å². The van der Waals surface area contributed by atoms with Crippen molar-refractivity contribution < 1.29 is 13.9 Å². The van der Waals surface area contributed by atoms with Gasteiger partial charge in [-0.1, -0.05) is 0 Å². The number of carbonyl (C=O) groups is 1. The van der Waals surface area contributed by atoms with E-state index in [1.807, 2.05) is 0 Å². The van der Waals surface area contributed by atoms with Gasteiger partial charge in [-0.15, -0.1) is 0 Å². The molecule has 15 heavy (non-hydrogen) atoms. The number of amides is 1. The summed E-state index contributed by atoms with van der Waals surface area (Å²) in [6, 6.07) is 4.26. The van der Waals surface area contributed by atoms with Crippen LogP contribution in [0, 0.1) is 5.82 Å². The van der Waals surface area contributed by atoms with Crippen LogP contribution in [0.25, 0.3) is 0 Å². The zero-order valence-electron chi connectivity index (χ0n) is 8.29. The molecular formula is C10H12FNO2S. The third-order valence-electron chi connectivity index (χ3n) is 1.77. The molecule has 0 aliphatic carbocycles. The third-order valence-corrected chi connectivity index (χ3v) is 2.00. The first-order chi connectivity index (χ1) is 7.17. The van der Waals surface area contributed by atoms with Gasteiger partial charge in [0.2, 0.25) is 5.91 Å². The maximum absolute atomic E-state index is 13.2. The zero-order chi connectivity index (χ0) is 11.3. The maximum atomic E-state index is 13.2. The first-order valence-corrected chi connectivity index (χ1v) is 5.05. The van der Waals surface area contributed by atoms with Crippen molar-refractivity contribution in [1.29, 1.82) is 0 Å². The molecule has 1 rings (SSSR count). The number of benzene rings is 1. The van der Waals surface area contributed by atoms with Crippen molar-refractivity contribution in [3.05, 3.63) is 24.0 Å². The molecule has 0 unspecified atom stereocenters. The number of hydrogen-bond acceptors (Lipinski definition) is 3. The van der Waals surface area contributed by atoms with Crippen LogP contribution in [0.15, 0.2) is 18.2 Å². The van der Waals surface area contributed by atoms with Crippen LogP contribution in [0.3, 0.4) is 0 Å². The van der Waals surface area contributed by atoms with E-state index in [0.29, 0.717) is 17.9 Å². The summed E-state index contributed by atoms with van der Waals surface area (Å²) < 4.78 is 17.9. The number of methoxy groups -OCH3 is 1. The monoisotopic (exact) mass is 229 g/mol. The molecule has 0 atom stereocenters. The number of hydrogen-bond donors (Lipinski definition) is 2. The van der Waals surface area contributed by atoms with E-state index in [-0.39, 0.29) is 11.7 Å². The molecule has 0 bridgehead atoms. The lowest BCUT2D eigenvalue weighted by molar-refractivity contribution is -0.115. The van der Waals surface area contributed by atoms with E-state index in [2.05, 4.69) is 17.9 Å². The molecule has 0 saturated carbocycles. The predicted molar refractivity (Wildman–Crippen MR) is 60.1 cm³/mol. The Morgan fingerprint density at radius 1 is 1.60 bits per heavy atom. The molecule has 1 aromatic carbocycles. The van der Waals surface area contributed by atoms with Crippen LogP contribution in [-0.2, 0) is 4.79 Å². The SMILES string of the molecule is COc1ccc(NC(=O)CCS)cc1F. The van der Waals surface area contributed by atoms with Crippen LogP contribution in [0.1, 0.15) is 6.42 Å². The highest BCUT2D eigenvalue weighted by molar-refractivity contribution is 7.80. The van der Waals surface area contributed by atoms with Crippen molar-refractivity contribution in [2.45, 2.75) is 6.42 Å². The highest BCUT2D eigenvalue weighted by atomic mass is 32.1. The van der Waals surface area contributed by atoms with Crippen LogP contribution >= 0.6 is 12.6 Å². The lowest BCUT2D eigenvalue weighted by Crippen LogP contribution is -2.11. The second-order valence-corrected chi connectivity index (χ2v) is 3.32. The largest absolute Gasteiger partial charge is 0.494 e. The van der Waals surface area contributed by atoms with Gasteiger partial charge in [0.05, 0.1) is 7.11 Å². The molecule has 1 amide bonds. The molecule has 5 heteroatoms. The number of carbonyl (C=O) groups excluding carboxylic acids is 1. The third kappa shape index (κ3) is 3.43. The van der Waals surface area contributed by atoms with Gasteiger partial charge in [0.1, 0.15) is 0 Å². The smallest absolute Gasteiger partial charge is 0.225 e. The van der Waals surface area contributed by atoms with Gasteiger partial charge in [-0.2, -0.15) is 12.6 Å². The highest BCUT2D eigenvalue weighted by Crippen LogP contribution is 2.20. The number of rotatable bonds is 4. The summed E-state index contributed by atoms with van der Waals surface area (Å²) in [5.74, 6) is -0.0669. The quantitative estimate of drug-likeness (QED) is 0.776. The van der Waals surface area contributed by atoms with Crippen molar-refractivity contribution >= 4 is 24.2 Å². The minimum atomic E-state index is -0.499. The zero-order valence-corrected chi connectivity index (χ0v) is 9.18. The van der Waals surface area contributed by atoms with E-state index in [1.54, 1.807) is 6.07 Å². The Labute approximate surface area is 93.0 Å². The molecule has 1 N–H and O–H groups in total. The van der Waals surface area contributed by atoms with E-state index >= 15 is 0 Å². The summed E-state index contributed by atoms with van der Waals surface area (Å²) in [6.07, 6.45) is 0.302. The summed E-state index contributed by atoms with van der Waals surface area (Å²) in [5.41, 5.74) is 0.417. The Bertz CT molecular complexity index is 357. The molecule has 0 aromatic heterocycles. The van der Waals surface area contributed by atoms with Crippen molar-refractivity contribution in [2.75, 3.05) is 18.2 Å². The van der Waals surface area contributed by atoms with Gasteiger partial charge in [0, 0.05) is 18.2 Å². The molecule has 0 aliphatic rings. The lowest BCUT2D eigenvalue weighted by atomic mass is 10.3. The number of halogens is 1. The van der Waals surface area contributed by atoms with Crippen LogP contribution in [0.4, 0.5) is 10.1 Å². The fourth-order valence-corrected chi connectivity index (χ4v) is 1.27. The minimum Gasteiger partial charge on any atom is -0.494 e. The Kier molecular flexibility index (Phi) is 4.42. The first kappa shape index (κ1) is 11.8. The molecule has 82 valence electrons. The second kappa shape index (κ2) is 5.60. The Balaban J connectivity index is 2.71. The Morgan fingerprint density at radius 2 is 2.33 bits per heavy atom. The number of ether oxygens (including phenoxy) is 1. The predicted octanol–water partition coefficient (Wildman–Crippen LogP) is 2.09. The van der Waals surface area contributed by atoms with Crippen LogP contribution in [-0.4, -0.2) is 18.8 Å². The first-order valence-electron chi connectivity index (χ1n) is 4.41. The summed E-state index contributed by atoms with van der Waals surface area (Å²) in [5, 5.41) is 2.55. The topological polar surface area (TPSA) is 38.3 Å². The molecule has 0 fully saturated rings. The van der Waals surface area contributed by atoms with E-state index < -0.39 is 5.82 Å². The summed E-state index contributed by atoms with van der Waals surface area (Å²) >= 11 is 3.92. The Hall–Kier alpha value is -1.23. The minimum absolute atomic E-state index is 0.155. The average molecular weight is 229 g/mol. The van der Waals surface area contributed by atoms with Crippen LogP contribution < -0.4 is 10.1 Å². The Morgan fingerprint density at radius 3 is 2.87 bits per heavy atom. The summed E-state index contributed by atoms with van der Waals surface area (Å²) in [7, 11) is 1.39. The lowest BCUT2D eigenvalue weighted by Gasteiger charge is -2.06. The van der Waals surface area contributed by atoms with Crippen molar-refractivity contribution in [2.24, 2.45) is 0 Å². The van der Waals surface area contributed by atoms with E-state index in [0.717, 1.165) is 0 Å². The van der Waals surface area contributed by atoms with E-state index in [4.69, 9.17) is 4.74 Å². The molecule has 0 spiro atoms. The normalized spacial score (nSPS) is 9.80. The fourth-order valence-electron chi connectivity index (χ4n) is 1.07. The van der Waals surface area contributed by atoms with Crippen molar-refractivity contribution in [1.82, 2.24) is 0 Å². The molecule has 0 radical (unpaired) electrons. The summed E-state index contributed by atoms with van der Waals surface area (Å²) in [6.45, 7) is 0. The standard InChI is InChI=1S/C10H12FNO2S/c1-14-9-3-2-7(6-8(9)11)12-10(13)4-5-15/h2-3,6,15H,4-5H2,1H3,(H,12,13). The van der Waals surface area contributed by atoms with Gasteiger partial charge in [-0.25, -0.2) is 4.39 Å². The van der Waals surface area contributed by atoms with Gasteiger partial charge in [0.25, 0.3) is 0 Å². The van der Waals surface area contributed by atoms with Crippen LogP contribution in [0.2, 0.25) is 0 Å². The second-order valence-electron chi connectivity index (χ2n) is 2.87. The van der Waals surface area contributed by atoms with Gasteiger partial charge in [0.15, 0.2) is 11.6 Å². The summed E-state index contributed by atoms with van der Waals surface area (Å²) in [4.78, 5) is 11.2. The number of thiol groups is 1.